The Balaban J connectivity index is 2.23. The molecule has 1 aliphatic rings. The Morgan fingerprint density at radius 2 is 2.07 bits per heavy atom. The van der Waals surface area contributed by atoms with Crippen LogP contribution < -0.4 is 4.74 Å². The zero-order chi connectivity index (χ0) is 10.4. The molecule has 15 heavy (non-hydrogen) atoms. The average Bonchev–Trinajstić information content (AvgIpc) is 2.98. The minimum atomic E-state index is 0.766. The number of nitrogens with one attached hydrogen (secondary N) is 1. The fraction of sp³-hybridized carbons (Fsp3) is 0.385. The molecule has 3 rings (SSSR count). The first-order chi connectivity index (χ1) is 7.28. The first kappa shape index (κ1) is 8.84. The molecule has 1 heterocycles. The Morgan fingerprint density at radius 3 is 2.73 bits per heavy atom. The predicted molar refractivity (Wildman–Crippen MR) is 61.6 cm³/mol. The van der Waals surface area contributed by atoms with Gasteiger partial charge in [0, 0.05) is 11.1 Å². The van der Waals surface area contributed by atoms with Crippen LogP contribution in [0.4, 0.5) is 0 Å². The lowest BCUT2D eigenvalue weighted by atomic mass is 10.1. The molecule has 0 atom stereocenters. The molecule has 0 aliphatic heterocycles. The van der Waals surface area contributed by atoms with E-state index in [0.29, 0.717) is 0 Å². The van der Waals surface area contributed by atoms with Gasteiger partial charge in [-0.25, -0.2) is 0 Å². The summed E-state index contributed by atoms with van der Waals surface area (Å²) in [4.78, 5) is 3.48. The second-order valence-corrected chi connectivity index (χ2v) is 4.43. The van der Waals surface area contributed by atoms with Gasteiger partial charge in [0.25, 0.3) is 0 Å². The number of fused-ring (bicyclic) bond motifs is 1. The monoisotopic (exact) mass is 201 g/mol. The van der Waals surface area contributed by atoms with Gasteiger partial charge >= 0.3 is 0 Å². The van der Waals surface area contributed by atoms with Crippen molar-refractivity contribution in [3.05, 3.63) is 29.5 Å². The van der Waals surface area contributed by atoms with Crippen molar-refractivity contribution in [1.82, 2.24) is 4.98 Å². The Morgan fingerprint density at radius 1 is 1.27 bits per heavy atom. The van der Waals surface area contributed by atoms with E-state index in [-0.39, 0.29) is 0 Å². The molecule has 1 aliphatic carbocycles. The van der Waals surface area contributed by atoms with Crippen molar-refractivity contribution in [2.75, 3.05) is 7.11 Å². The standard InChI is InChI=1S/C13H15NO/c1-8-5-10-7-11(9-3-4-9)14-13(10)12(6-8)15-2/h5-7,9,14H,3-4H2,1-2H3. The van der Waals surface area contributed by atoms with Crippen LogP contribution in [0.1, 0.15) is 30.0 Å². The van der Waals surface area contributed by atoms with E-state index in [1.165, 1.54) is 29.5 Å². The summed E-state index contributed by atoms with van der Waals surface area (Å²) < 4.78 is 5.39. The number of rotatable bonds is 2. The first-order valence-electron chi connectivity index (χ1n) is 5.45. The highest BCUT2D eigenvalue weighted by Crippen LogP contribution is 2.41. The SMILES string of the molecule is COc1cc(C)cc2cc(C3CC3)[nH]c12. The summed E-state index contributed by atoms with van der Waals surface area (Å²) in [5.74, 6) is 1.72. The van der Waals surface area contributed by atoms with Gasteiger partial charge in [-0.15, -0.1) is 0 Å². The highest BCUT2D eigenvalue weighted by molar-refractivity contribution is 5.87. The molecule has 1 saturated carbocycles. The lowest BCUT2D eigenvalue weighted by molar-refractivity contribution is 0.418. The van der Waals surface area contributed by atoms with Crippen LogP contribution in [-0.2, 0) is 0 Å². The van der Waals surface area contributed by atoms with Crippen molar-refractivity contribution in [3.63, 3.8) is 0 Å². The number of benzene rings is 1. The van der Waals surface area contributed by atoms with Gasteiger partial charge in [0.15, 0.2) is 0 Å². The van der Waals surface area contributed by atoms with E-state index >= 15 is 0 Å². The van der Waals surface area contributed by atoms with Crippen LogP contribution in [0.5, 0.6) is 5.75 Å². The molecular weight excluding hydrogens is 186 g/mol. The predicted octanol–water partition coefficient (Wildman–Crippen LogP) is 3.36. The molecule has 1 fully saturated rings. The third kappa shape index (κ3) is 1.41. The Labute approximate surface area is 89.3 Å². The first-order valence-corrected chi connectivity index (χ1v) is 5.45. The molecule has 1 aromatic carbocycles. The fourth-order valence-electron chi connectivity index (χ4n) is 2.15. The number of methoxy groups -OCH3 is 1. The highest BCUT2D eigenvalue weighted by Gasteiger charge is 2.25. The van der Waals surface area contributed by atoms with Gasteiger partial charge in [-0.1, -0.05) is 0 Å². The van der Waals surface area contributed by atoms with Crippen molar-refractivity contribution < 1.29 is 4.74 Å². The Kier molecular flexibility index (Phi) is 1.78. The summed E-state index contributed by atoms with van der Waals surface area (Å²) in [5, 5.41) is 1.27. The topological polar surface area (TPSA) is 25.0 Å². The average molecular weight is 201 g/mol. The third-order valence-electron chi connectivity index (χ3n) is 3.09. The van der Waals surface area contributed by atoms with E-state index in [2.05, 4.69) is 30.1 Å². The second kappa shape index (κ2) is 3.02. The number of aromatic amines is 1. The maximum atomic E-state index is 5.39. The fourth-order valence-corrected chi connectivity index (χ4v) is 2.15. The second-order valence-electron chi connectivity index (χ2n) is 4.43. The lowest BCUT2D eigenvalue weighted by Crippen LogP contribution is -1.85. The van der Waals surface area contributed by atoms with Gasteiger partial charge in [-0.05, 0) is 49.4 Å². The lowest BCUT2D eigenvalue weighted by Gasteiger charge is -2.02. The normalized spacial score (nSPS) is 15.9. The van der Waals surface area contributed by atoms with E-state index < -0.39 is 0 Å². The van der Waals surface area contributed by atoms with Crippen LogP contribution in [0, 0.1) is 6.92 Å². The van der Waals surface area contributed by atoms with Crippen molar-refractivity contribution in [1.29, 1.82) is 0 Å². The molecule has 2 nitrogen and oxygen atoms in total. The number of aromatic nitrogens is 1. The van der Waals surface area contributed by atoms with Crippen LogP contribution >= 0.6 is 0 Å². The summed E-state index contributed by atoms with van der Waals surface area (Å²) in [6.45, 7) is 2.10. The van der Waals surface area contributed by atoms with E-state index in [9.17, 15) is 0 Å². The van der Waals surface area contributed by atoms with E-state index in [4.69, 9.17) is 4.74 Å². The van der Waals surface area contributed by atoms with Crippen molar-refractivity contribution >= 4 is 10.9 Å². The minimum absolute atomic E-state index is 0.766. The molecule has 78 valence electrons. The molecule has 0 spiro atoms. The summed E-state index contributed by atoms with van der Waals surface area (Å²) in [7, 11) is 1.73. The summed E-state index contributed by atoms with van der Waals surface area (Å²) >= 11 is 0. The van der Waals surface area contributed by atoms with Gasteiger partial charge in [-0.2, -0.15) is 0 Å². The molecule has 0 radical (unpaired) electrons. The number of hydrogen-bond acceptors (Lipinski definition) is 1. The smallest absolute Gasteiger partial charge is 0.143 e. The number of aryl methyl sites for hydroxylation is 1. The van der Waals surface area contributed by atoms with Crippen molar-refractivity contribution in [2.45, 2.75) is 25.7 Å². The zero-order valence-electron chi connectivity index (χ0n) is 9.13. The molecule has 1 N–H and O–H groups in total. The summed E-state index contributed by atoms with van der Waals surface area (Å²) in [5.41, 5.74) is 3.76. The summed E-state index contributed by atoms with van der Waals surface area (Å²) in [6, 6.07) is 6.55. The van der Waals surface area contributed by atoms with Crippen molar-refractivity contribution in [3.8, 4) is 5.75 Å². The quantitative estimate of drug-likeness (QED) is 0.791. The van der Waals surface area contributed by atoms with E-state index in [1.807, 2.05) is 0 Å². The van der Waals surface area contributed by atoms with Gasteiger partial charge in [-0.3, -0.25) is 0 Å². The molecule has 1 aromatic heterocycles. The third-order valence-corrected chi connectivity index (χ3v) is 3.09. The maximum absolute atomic E-state index is 5.39. The van der Waals surface area contributed by atoms with Crippen LogP contribution in [0.3, 0.4) is 0 Å². The highest BCUT2D eigenvalue weighted by atomic mass is 16.5. The Bertz CT molecular complexity index is 508. The Hall–Kier alpha value is -1.44. The van der Waals surface area contributed by atoms with Gasteiger partial charge in [0.05, 0.1) is 12.6 Å². The number of hydrogen-bond donors (Lipinski definition) is 1. The molecular formula is C13H15NO. The maximum Gasteiger partial charge on any atom is 0.143 e. The molecule has 0 bridgehead atoms. The number of H-pyrrole nitrogens is 1. The largest absolute Gasteiger partial charge is 0.495 e. The van der Waals surface area contributed by atoms with Gasteiger partial charge in [0.1, 0.15) is 5.75 Å². The van der Waals surface area contributed by atoms with Crippen molar-refractivity contribution in [2.24, 2.45) is 0 Å². The van der Waals surface area contributed by atoms with Crippen LogP contribution in [0.2, 0.25) is 0 Å². The summed E-state index contributed by atoms with van der Waals surface area (Å²) in [6.07, 6.45) is 2.65. The van der Waals surface area contributed by atoms with Gasteiger partial charge in [0.2, 0.25) is 0 Å². The molecule has 0 amide bonds. The van der Waals surface area contributed by atoms with Gasteiger partial charge < -0.3 is 9.72 Å². The van der Waals surface area contributed by atoms with E-state index in [0.717, 1.165) is 17.2 Å². The van der Waals surface area contributed by atoms with Crippen LogP contribution in [0.25, 0.3) is 10.9 Å². The minimum Gasteiger partial charge on any atom is -0.495 e. The van der Waals surface area contributed by atoms with E-state index in [1.54, 1.807) is 7.11 Å². The molecule has 2 heteroatoms. The molecule has 0 saturated heterocycles. The van der Waals surface area contributed by atoms with Crippen LogP contribution in [-0.4, -0.2) is 12.1 Å². The van der Waals surface area contributed by atoms with Crippen LogP contribution in [0.15, 0.2) is 18.2 Å². The number of ether oxygens (including phenoxy) is 1. The zero-order valence-corrected chi connectivity index (χ0v) is 9.13. The molecule has 0 unspecified atom stereocenters. The molecule has 2 aromatic rings.